The Morgan fingerprint density at radius 2 is 1.62 bits per heavy atom. The number of rotatable bonds is 5. The number of nitrogens with zero attached hydrogens (tertiary/aromatic N) is 2. The van der Waals surface area contributed by atoms with Gasteiger partial charge in [-0.2, -0.15) is 10.5 Å². The zero-order valence-corrected chi connectivity index (χ0v) is 16.1. The number of carbonyl (C=O) groups is 1. The summed E-state index contributed by atoms with van der Waals surface area (Å²) >= 11 is 1.38. The van der Waals surface area contributed by atoms with Crippen LogP contribution in [0.4, 0.5) is 0 Å². The van der Waals surface area contributed by atoms with Crippen molar-refractivity contribution in [3.63, 3.8) is 0 Å². The molecular formula is C24H14N2O2S. The summed E-state index contributed by atoms with van der Waals surface area (Å²) < 4.78 is 7.04. The lowest BCUT2D eigenvalue weighted by Gasteiger charge is -2.09. The molecule has 0 bridgehead atoms. The molecule has 4 aromatic rings. The van der Waals surface area contributed by atoms with E-state index in [4.69, 9.17) is 10.00 Å². The summed E-state index contributed by atoms with van der Waals surface area (Å²) in [6, 6.07) is 25.7. The van der Waals surface area contributed by atoms with Crippen LogP contribution in [-0.4, -0.2) is 5.78 Å². The van der Waals surface area contributed by atoms with Crippen LogP contribution < -0.4 is 4.74 Å². The van der Waals surface area contributed by atoms with Crippen molar-refractivity contribution in [1.82, 2.24) is 0 Å². The first-order chi connectivity index (χ1) is 14.2. The van der Waals surface area contributed by atoms with Gasteiger partial charge in [-0.05, 0) is 42.5 Å². The van der Waals surface area contributed by atoms with Crippen LogP contribution in [0.1, 0.15) is 31.9 Å². The Bertz CT molecular complexity index is 1290. The topological polar surface area (TPSA) is 73.9 Å². The molecule has 0 saturated heterocycles. The molecule has 5 heteroatoms. The molecule has 0 fully saturated rings. The quantitative estimate of drug-likeness (QED) is 0.422. The predicted octanol–water partition coefficient (Wildman–Crippen LogP) is 5.45. The maximum absolute atomic E-state index is 13.2. The first-order valence-corrected chi connectivity index (χ1v) is 9.70. The lowest BCUT2D eigenvalue weighted by Crippen LogP contribution is -2.04. The zero-order chi connectivity index (χ0) is 20.2. The standard InChI is InChI=1S/C24H14N2O2S/c25-13-16-9-11-17(12-10-16)22(27)24-23(20-7-3-4-8-21(20)29-24)28-15-19-6-2-1-5-18(19)14-26/h1-12H,15H2. The van der Waals surface area contributed by atoms with E-state index in [2.05, 4.69) is 12.1 Å². The van der Waals surface area contributed by atoms with E-state index < -0.39 is 0 Å². The van der Waals surface area contributed by atoms with E-state index in [1.165, 1.54) is 11.3 Å². The fraction of sp³-hybridized carbons (Fsp3) is 0.0417. The molecule has 4 rings (SSSR count). The van der Waals surface area contributed by atoms with E-state index in [1.807, 2.05) is 42.5 Å². The predicted molar refractivity (Wildman–Crippen MR) is 112 cm³/mol. The molecule has 0 atom stereocenters. The number of thiophene rings is 1. The molecule has 0 aliphatic carbocycles. The van der Waals surface area contributed by atoms with Crippen molar-refractivity contribution in [2.24, 2.45) is 0 Å². The normalized spacial score (nSPS) is 10.3. The van der Waals surface area contributed by atoms with Crippen molar-refractivity contribution in [2.75, 3.05) is 0 Å². The van der Waals surface area contributed by atoms with Gasteiger partial charge in [-0.15, -0.1) is 11.3 Å². The van der Waals surface area contributed by atoms with E-state index in [-0.39, 0.29) is 12.4 Å². The number of fused-ring (bicyclic) bond motifs is 1. The summed E-state index contributed by atoms with van der Waals surface area (Å²) in [4.78, 5) is 13.7. The molecule has 138 valence electrons. The fourth-order valence-corrected chi connectivity index (χ4v) is 4.16. The maximum Gasteiger partial charge on any atom is 0.206 e. The van der Waals surface area contributed by atoms with Gasteiger partial charge in [0.1, 0.15) is 17.2 Å². The van der Waals surface area contributed by atoms with Gasteiger partial charge in [0.05, 0.1) is 23.3 Å². The number of nitriles is 2. The van der Waals surface area contributed by atoms with Crippen LogP contribution in [0, 0.1) is 22.7 Å². The van der Waals surface area contributed by atoms with Crippen LogP contribution in [0.3, 0.4) is 0 Å². The molecule has 0 spiro atoms. The third-order valence-electron chi connectivity index (χ3n) is 4.54. The molecule has 1 heterocycles. The van der Waals surface area contributed by atoms with Gasteiger partial charge in [-0.25, -0.2) is 0 Å². The smallest absolute Gasteiger partial charge is 0.206 e. The lowest BCUT2D eigenvalue weighted by molar-refractivity contribution is 0.103. The molecule has 4 nitrogen and oxygen atoms in total. The summed E-state index contributed by atoms with van der Waals surface area (Å²) in [7, 11) is 0. The summed E-state index contributed by atoms with van der Waals surface area (Å²) in [5.74, 6) is 0.368. The molecule has 0 aliphatic heterocycles. The molecule has 0 N–H and O–H groups in total. The summed E-state index contributed by atoms with van der Waals surface area (Å²) in [6.07, 6.45) is 0. The van der Waals surface area contributed by atoms with Crippen molar-refractivity contribution in [1.29, 1.82) is 10.5 Å². The minimum absolute atomic E-state index is 0.153. The highest BCUT2D eigenvalue weighted by Gasteiger charge is 2.21. The fourth-order valence-electron chi connectivity index (χ4n) is 3.05. The van der Waals surface area contributed by atoms with Gasteiger partial charge < -0.3 is 4.74 Å². The van der Waals surface area contributed by atoms with E-state index in [1.54, 1.807) is 30.3 Å². The van der Waals surface area contributed by atoms with Crippen molar-refractivity contribution in [3.05, 3.63) is 99.9 Å². The van der Waals surface area contributed by atoms with E-state index in [0.29, 0.717) is 27.3 Å². The van der Waals surface area contributed by atoms with Gasteiger partial charge in [0.2, 0.25) is 5.78 Å². The van der Waals surface area contributed by atoms with E-state index >= 15 is 0 Å². The van der Waals surface area contributed by atoms with Gasteiger partial charge in [0.25, 0.3) is 0 Å². The number of benzene rings is 3. The van der Waals surface area contributed by atoms with Crippen molar-refractivity contribution in [2.45, 2.75) is 6.61 Å². The van der Waals surface area contributed by atoms with Crippen LogP contribution in [-0.2, 0) is 6.61 Å². The Morgan fingerprint density at radius 3 is 2.38 bits per heavy atom. The number of carbonyl (C=O) groups excluding carboxylic acids is 1. The molecule has 1 aromatic heterocycles. The monoisotopic (exact) mass is 394 g/mol. The SMILES string of the molecule is N#Cc1ccc(C(=O)c2sc3ccccc3c2OCc2ccccc2C#N)cc1. The number of ether oxygens (including phenoxy) is 1. The third-order valence-corrected chi connectivity index (χ3v) is 5.69. The summed E-state index contributed by atoms with van der Waals surface area (Å²) in [5, 5.41) is 19.1. The van der Waals surface area contributed by atoms with Crippen LogP contribution in [0.25, 0.3) is 10.1 Å². The maximum atomic E-state index is 13.2. The van der Waals surface area contributed by atoms with Gasteiger partial charge in [-0.3, -0.25) is 4.79 Å². The Kier molecular flexibility index (Phi) is 5.07. The van der Waals surface area contributed by atoms with E-state index in [9.17, 15) is 10.1 Å². The van der Waals surface area contributed by atoms with Gasteiger partial charge in [0.15, 0.2) is 0 Å². The van der Waals surface area contributed by atoms with Crippen molar-refractivity contribution < 1.29 is 9.53 Å². The average molecular weight is 394 g/mol. The number of ketones is 1. The second-order valence-electron chi connectivity index (χ2n) is 6.33. The Balaban J connectivity index is 1.73. The molecule has 0 unspecified atom stereocenters. The van der Waals surface area contributed by atoms with Crippen molar-refractivity contribution >= 4 is 27.2 Å². The number of hydrogen-bond acceptors (Lipinski definition) is 5. The van der Waals surface area contributed by atoms with Gasteiger partial charge in [-0.1, -0.05) is 30.3 Å². The van der Waals surface area contributed by atoms with Gasteiger partial charge >= 0.3 is 0 Å². The van der Waals surface area contributed by atoms with Crippen LogP contribution in [0.15, 0.2) is 72.8 Å². The Hall–Kier alpha value is -3.93. The van der Waals surface area contributed by atoms with Gasteiger partial charge in [0, 0.05) is 21.2 Å². The summed E-state index contributed by atoms with van der Waals surface area (Å²) in [6.45, 7) is 0.193. The average Bonchev–Trinajstić information content (AvgIpc) is 3.16. The van der Waals surface area contributed by atoms with Crippen LogP contribution in [0.2, 0.25) is 0 Å². The highest BCUT2D eigenvalue weighted by molar-refractivity contribution is 7.21. The molecule has 3 aromatic carbocycles. The first kappa shape index (κ1) is 18.4. The highest BCUT2D eigenvalue weighted by atomic mass is 32.1. The first-order valence-electron chi connectivity index (χ1n) is 8.88. The largest absolute Gasteiger partial charge is 0.487 e. The molecule has 0 aliphatic rings. The molecule has 0 radical (unpaired) electrons. The lowest BCUT2D eigenvalue weighted by atomic mass is 10.1. The molecule has 29 heavy (non-hydrogen) atoms. The van der Waals surface area contributed by atoms with Crippen molar-refractivity contribution in [3.8, 4) is 17.9 Å². The summed E-state index contributed by atoms with van der Waals surface area (Å²) in [5.41, 5.74) is 2.31. The Morgan fingerprint density at radius 1 is 0.897 bits per heavy atom. The van der Waals surface area contributed by atoms with E-state index in [0.717, 1.165) is 15.6 Å². The molecule has 0 amide bonds. The highest BCUT2D eigenvalue weighted by Crippen LogP contribution is 2.39. The second kappa shape index (κ2) is 7.98. The van der Waals surface area contributed by atoms with Crippen LogP contribution in [0.5, 0.6) is 5.75 Å². The zero-order valence-electron chi connectivity index (χ0n) is 15.3. The molecular weight excluding hydrogens is 380 g/mol. The van der Waals surface area contributed by atoms with Crippen LogP contribution >= 0.6 is 11.3 Å². The minimum Gasteiger partial charge on any atom is -0.487 e. The third kappa shape index (κ3) is 3.60. The minimum atomic E-state index is -0.153. The second-order valence-corrected chi connectivity index (χ2v) is 7.38. The molecule has 0 saturated carbocycles. The number of hydrogen-bond donors (Lipinski definition) is 0. The Labute approximate surface area is 171 Å².